The number of carbonyl (C=O) groups excluding carboxylic acids is 1. The monoisotopic (exact) mass is 248 g/mol. The lowest BCUT2D eigenvalue weighted by atomic mass is 9.70. The maximum Gasteiger partial charge on any atom is 0.253 e. The Morgan fingerprint density at radius 3 is 2.78 bits per heavy atom. The molecule has 4 heteroatoms. The van der Waals surface area contributed by atoms with Crippen LogP contribution in [0.3, 0.4) is 0 Å². The maximum absolute atomic E-state index is 12.1. The van der Waals surface area contributed by atoms with E-state index in [0.29, 0.717) is 23.5 Å². The molecule has 1 fully saturated rings. The maximum atomic E-state index is 12.1. The SMILES string of the molecule is COc1ccc(N)c(C(=O)NCC2(C)CCC2)c1. The van der Waals surface area contributed by atoms with Crippen molar-refractivity contribution in [1.82, 2.24) is 5.32 Å². The molecule has 0 saturated heterocycles. The average Bonchev–Trinajstić information content (AvgIpc) is 2.34. The summed E-state index contributed by atoms with van der Waals surface area (Å²) in [6.45, 7) is 2.91. The van der Waals surface area contributed by atoms with Crippen LogP contribution in [0.4, 0.5) is 5.69 Å². The van der Waals surface area contributed by atoms with Gasteiger partial charge in [0, 0.05) is 12.2 Å². The van der Waals surface area contributed by atoms with Gasteiger partial charge in [-0.3, -0.25) is 4.79 Å². The number of ether oxygens (including phenoxy) is 1. The molecule has 0 bridgehead atoms. The van der Waals surface area contributed by atoms with Crippen LogP contribution in [0.2, 0.25) is 0 Å². The molecule has 0 unspecified atom stereocenters. The predicted octanol–water partition coefficient (Wildman–Crippen LogP) is 2.20. The van der Waals surface area contributed by atoms with Gasteiger partial charge in [-0.05, 0) is 36.5 Å². The number of nitrogens with two attached hydrogens (primary N) is 1. The third kappa shape index (κ3) is 2.58. The Morgan fingerprint density at radius 1 is 1.50 bits per heavy atom. The molecule has 1 aliphatic carbocycles. The molecule has 1 aliphatic rings. The fraction of sp³-hybridized carbons (Fsp3) is 0.500. The predicted molar refractivity (Wildman–Crippen MR) is 71.7 cm³/mol. The van der Waals surface area contributed by atoms with Crippen LogP contribution in [0.5, 0.6) is 5.75 Å². The van der Waals surface area contributed by atoms with E-state index >= 15 is 0 Å². The summed E-state index contributed by atoms with van der Waals surface area (Å²) in [6.07, 6.45) is 3.62. The molecule has 0 heterocycles. The van der Waals surface area contributed by atoms with E-state index in [2.05, 4.69) is 12.2 Å². The van der Waals surface area contributed by atoms with Crippen LogP contribution in [-0.2, 0) is 0 Å². The van der Waals surface area contributed by atoms with Gasteiger partial charge in [0.2, 0.25) is 0 Å². The number of rotatable bonds is 4. The van der Waals surface area contributed by atoms with E-state index in [1.54, 1.807) is 25.3 Å². The lowest BCUT2D eigenvalue weighted by Gasteiger charge is -2.38. The van der Waals surface area contributed by atoms with Crippen molar-refractivity contribution in [2.45, 2.75) is 26.2 Å². The molecule has 3 N–H and O–H groups in total. The first-order chi connectivity index (χ1) is 8.54. The summed E-state index contributed by atoms with van der Waals surface area (Å²) >= 11 is 0. The van der Waals surface area contributed by atoms with E-state index in [-0.39, 0.29) is 11.3 Å². The summed E-state index contributed by atoms with van der Waals surface area (Å²) in [5.41, 5.74) is 7.04. The molecule has 1 amide bonds. The van der Waals surface area contributed by atoms with E-state index in [9.17, 15) is 4.79 Å². The third-order valence-corrected chi connectivity index (χ3v) is 3.74. The molecule has 1 aromatic carbocycles. The number of methoxy groups -OCH3 is 1. The minimum absolute atomic E-state index is 0.125. The Labute approximate surface area is 108 Å². The lowest BCUT2D eigenvalue weighted by Crippen LogP contribution is -2.40. The molecule has 1 saturated carbocycles. The Balaban J connectivity index is 2.03. The van der Waals surface area contributed by atoms with Crippen molar-refractivity contribution in [3.63, 3.8) is 0 Å². The molecule has 0 spiro atoms. The van der Waals surface area contributed by atoms with Crippen molar-refractivity contribution in [2.75, 3.05) is 19.4 Å². The van der Waals surface area contributed by atoms with Crippen LogP contribution in [0.1, 0.15) is 36.5 Å². The highest BCUT2D eigenvalue weighted by Gasteiger charge is 2.32. The largest absolute Gasteiger partial charge is 0.497 e. The summed E-state index contributed by atoms with van der Waals surface area (Å²) in [4.78, 5) is 12.1. The second kappa shape index (κ2) is 4.88. The van der Waals surface area contributed by atoms with Gasteiger partial charge in [0.05, 0.1) is 12.7 Å². The van der Waals surface area contributed by atoms with Crippen LogP contribution >= 0.6 is 0 Å². The zero-order valence-electron chi connectivity index (χ0n) is 11.0. The fourth-order valence-corrected chi connectivity index (χ4v) is 2.21. The zero-order valence-corrected chi connectivity index (χ0v) is 11.0. The standard InChI is InChI=1S/C14H20N2O2/c1-14(6-3-7-14)9-16-13(17)11-8-10(18-2)4-5-12(11)15/h4-5,8H,3,6-7,9,15H2,1-2H3,(H,16,17). The Kier molecular flexibility index (Phi) is 3.45. The molecule has 98 valence electrons. The van der Waals surface area contributed by atoms with Gasteiger partial charge < -0.3 is 15.8 Å². The van der Waals surface area contributed by atoms with Crippen LogP contribution in [0, 0.1) is 5.41 Å². The highest BCUT2D eigenvalue weighted by molar-refractivity contribution is 5.99. The molecule has 18 heavy (non-hydrogen) atoms. The number of amides is 1. The lowest BCUT2D eigenvalue weighted by molar-refractivity contribution is 0.0891. The van der Waals surface area contributed by atoms with Gasteiger partial charge in [-0.25, -0.2) is 0 Å². The van der Waals surface area contributed by atoms with Crippen LogP contribution in [-0.4, -0.2) is 19.6 Å². The Morgan fingerprint density at radius 2 is 2.22 bits per heavy atom. The van der Waals surface area contributed by atoms with E-state index in [0.717, 1.165) is 0 Å². The number of nitrogens with one attached hydrogen (secondary N) is 1. The van der Waals surface area contributed by atoms with Crippen LogP contribution in [0.25, 0.3) is 0 Å². The number of hydrogen-bond acceptors (Lipinski definition) is 3. The molecular weight excluding hydrogens is 228 g/mol. The van der Waals surface area contributed by atoms with E-state index in [1.807, 2.05) is 0 Å². The van der Waals surface area contributed by atoms with Crippen molar-refractivity contribution in [3.8, 4) is 5.75 Å². The smallest absolute Gasteiger partial charge is 0.253 e. The van der Waals surface area contributed by atoms with Crippen LogP contribution in [0.15, 0.2) is 18.2 Å². The van der Waals surface area contributed by atoms with Gasteiger partial charge in [0.1, 0.15) is 5.75 Å². The molecule has 1 aromatic rings. The number of carbonyl (C=O) groups is 1. The van der Waals surface area contributed by atoms with Gasteiger partial charge in [-0.2, -0.15) is 0 Å². The quantitative estimate of drug-likeness (QED) is 0.803. The van der Waals surface area contributed by atoms with Crippen molar-refractivity contribution >= 4 is 11.6 Å². The Hall–Kier alpha value is -1.71. The van der Waals surface area contributed by atoms with Crippen molar-refractivity contribution in [3.05, 3.63) is 23.8 Å². The molecule has 0 aliphatic heterocycles. The Bertz CT molecular complexity index is 453. The first kappa shape index (κ1) is 12.7. The summed E-state index contributed by atoms with van der Waals surface area (Å²) < 4.78 is 5.10. The number of anilines is 1. The van der Waals surface area contributed by atoms with Crippen molar-refractivity contribution < 1.29 is 9.53 Å². The zero-order chi connectivity index (χ0) is 13.2. The van der Waals surface area contributed by atoms with Crippen molar-refractivity contribution in [2.24, 2.45) is 5.41 Å². The van der Waals surface area contributed by atoms with Gasteiger partial charge in [-0.15, -0.1) is 0 Å². The van der Waals surface area contributed by atoms with E-state index in [4.69, 9.17) is 10.5 Å². The summed E-state index contributed by atoms with van der Waals surface area (Å²) in [5, 5.41) is 2.96. The van der Waals surface area contributed by atoms with Gasteiger partial charge >= 0.3 is 0 Å². The molecule has 0 radical (unpaired) electrons. The van der Waals surface area contributed by atoms with Gasteiger partial charge in [0.25, 0.3) is 5.91 Å². The second-order valence-corrected chi connectivity index (χ2v) is 5.30. The number of nitrogen functional groups attached to an aromatic ring is 1. The summed E-state index contributed by atoms with van der Waals surface area (Å²) in [7, 11) is 1.57. The summed E-state index contributed by atoms with van der Waals surface area (Å²) in [6, 6.07) is 5.12. The minimum atomic E-state index is -0.125. The fourth-order valence-electron chi connectivity index (χ4n) is 2.21. The van der Waals surface area contributed by atoms with E-state index < -0.39 is 0 Å². The molecular formula is C14H20N2O2. The molecule has 2 rings (SSSR count). The number of benzene rings is 1. The highest BCUT2D eigenvalue weighted by Crippen LogP contribution is 2.39. The van der Waals surface area contributed by atoms with E-state index in [1.165, 1.54) is 19.3 Å². The molecule has 0 atom stereocenters. The first-order valence-corrected chi connectivity index (χ1v) is 6.26. The van der Waals surface area contributed by atoms with Gasteiger partial charge in [-0.1, -0.05) is 13.3 Å². The molecule has 4 nitrogen and oxygen atoms in total. The van der Waals surface area contributed by atoms with Gasteiger partial charge in [0.15, 0.2) is 0 Å². The topological polar surface area (TPSA) is 64.3 Å². The van der Waals surface area contributed by atoms with Crippen molar-refractivity contribution in [1.29, 1.82) is 0 Å². The first-order valence-electron chi connectivity index (χ1n) is 6.26. The summed E-state index contributed by atoms with van der Waals surface area (Å²) in [5.74, 6) is 0.517. The second-order valence-electron chi connectivity index (χ2n) is 5.30. The minimum Gasteiger partial charge on any atom is -0.497 e. The molecule has 0 aromatic heterocycles. The highest BCUT2D eigenvalue weighted by atomic mass is 16.5. The normalized spacial score (nSPS) is 16.8. The number of hydrogen-bond donors (Lipinski definition) is 2. The van der Waals surface area contributed by atoms with Crippen LogP contribution < -0.4 is 15.8 Å². The average molecular weight is 248 g/mol. The third-order valence-electron chi connectivity index (χ3n) is 3.74.